The van der Waals surface area contributed by atoms with Crippen molar-refractivity contribution in [1.29, 1.82) is 0 Å². The van der Waals surface area contributed by atoms with E-state index in [1.165, 1.54) is 51.4 Å². The van der Waals surface area contributed by atoms with Crippen LogP contribution in [-0.4, -0.2) is 65.7 Å². The summed E-state index contributed by atoms with van der Waals surface area (Å²) < 4.78 is 32.4. The Bertz CT molecular complexity index is 761. The number of phosphoric ester groups is 1. The molecule has 0 bridgehead atoms. The van der Waals surface area contributed by atoms with E-state index in [1.54, 1.807) is 0 Å². The van der Waals surface area contributed by atoms with Gasteiger partial charge in [0, 0.05) is 12.8 Å². The molecular formula is C33H63O10P. The van der Waals surface area contributed by atoms with Crippen molar-refractivity contribution >= 4 is 19.8 Å². The van der Waals surface area contributed by atoms with Gasteiger partial charge in [0.15, 0.2) is 6.10 Å². The molecule has 0 spiro atoms. The molecule has 0 aromatic heterocycles. The number of rotatable bonds is 32. The summed E-state index contributed by atoms with van der Waals surface area (Å²) in [5.41, 5.74) is 0. The first-order chi connectivity index (χ1) is 21.2. The van der Waals surface area contributed by atoms with Gasteiger partial charge in [0.2, 0.25) is 0 Å². The maximum atomic E-state index is 12.5. The lowest BCUT2D eigenvalue weighted by molar-refractivity contribution is -0.161. The monoisotopic (exact) mass is 650 g/mol. The number of esters is 2. The molecule has 10 nitrogen and oxygen atoms in total. The molecule has 0 aromatic carbocycles. The summed E-state index contributed by atoms with van der Waals surface area (Å²) in [6.07, 6.45) is 23.4. The molecule has 0 saturated heterocycles. The molecule has 44 heavy (non-hydrogen) atoms. The molecular weight excluding hydrogens is 587 g/mol. The number of hydrogen-bond acceptors (Lipinski definition) is 9. The van der Waals surface area contributed by atoms with Crippen LogP contribution in [-0.2, 0) is 32.7 Å². The minimum Gasteiger partial charge on any atom is -0.462 e. The largest absolute Gasteiger partial charge is 0.472 e. The number of ether oxygens (including phenoxy) is 2. The Morgan fingerprint density at radius 2 is 1.11 bits per heavy atom. The third-order valence-corrected chi connectivity index (χ3v) is 8.12. The zero-order valence-corrected chi connectivity index (χ0v) is 28.5. The summed E-state index contributed by atoms with van der Waals surface area (Å²) in [5, 5.41) is 18.2. The topological polar surface area (TPSA) is 149 Å². The SMILES string of the molecule is CCCCC/C=C/CCCCCCCC(=O)O[C@H](COC(=O)CCCCCCCCCCC)COP(=O)(O)OC[C@@H](O)CO. The fraction of sp³-hybridized carbons (Fsp3) is 0.879. The molecule has 1 unspecified atom stereocenters. The van der Waals surface area contributed by atoms with E-state index in [-0.39, 0.29) is 19.4 Å². The van der Waals surface area contributed by atoms with Gasteiger partial charge in [-0.15, -0.1) is 0 Å². The van der Waals surface area contributed by atoms with Gasteiger partial charge >= 0.3 is 19.8 Å². The molecule has 0 radical (unpaired) electrons. The lowest BCUT2D eigenvalue weighted by Crippen LogP contribution is -2.29. The predicted octanol–water partition coefficient (Wildman–Crippen LogP) is 7.72. The molecule has 0 aliphatic rings. The van der Waals surface area contributed by atoms with Crippen molar-refractivity contribution in [2.75, 3.05) is 26.4 Å². The minimum absolute atomic E-state index is 0.177. The van der Waals surface area contributed by atoms with E-state index in [2.05, 4.69) is 30.5 Å². The van der Waals surface area contributed by atoms with Crippen LogP contribution in [0.1, 0.15) is 149 Å². The highest BCUT2D eigenvalue weighted by molar-refractivity contribution is 7.47. The first kappa shape index (κ1) is 42.7. The normalized spacial score (nSPS) is 14.4. The van der Waals surface area contributed by atoms with Crippen LogP contribution in [0.5, 0.6) is 0 Å². The molecule has 0 aliphatic carbocycles. The summed E-state index contributed by atoms with van der Waals surface area (Å²) in [5.74, 6) is -0.938. The van der Waals surface area contributed by atoms with E-state index >= 15 is 0 Å². The number of unbranched alkanes of at least 4 members (excludes halogenated alkanes) is 16. The number of allylic oxidation sites excluding steroid dienone is 2. The lowest BCUT2D eigenvalue weighted by Gasteiger charge is -2.20. The number of aliphatic hydroxyl groups is 2. The lowest BCUT2D eigenvalue weighted by atomic mass is 10.1. The summed E-state index contributed by atoms with van der Waals surface area (Å²) in [4.78, 5) is 34.6. The zero-order chi connectivity index (χ0) is 32.7. The van der Waals surface area contributed by atoms with Crippen molar-refractivity contribution in [3.63, 3.8) is 0 Å². The molecule has 260 valence electrons. The summed E-state index contributed by atoms with van der Waals surface area (Å²) in [6.45, 7) is 2.29. The van der Waals surface area contributed by atoms with Gasteiger partial charge in [-0.25, -0.2) is 4.57 Å². The highest BCUT2D eigenvalue weighted by Crippen LogP contribution is 2.43. The smallest absolute Gasteiger partial charge is 0.462 e. The van der Waals surface area contributed by atoms with E-state index in [4.69, 9.17) is 19.1 Å². The van der Waals surface area contributed by atoms with Gasteiger partial charge in [0.25, 0.3) is 0 Å². The Balaban J connectivity index is 4.44. The minimum atomic E-state index is -4.60. The summed E-state index contributed by atoms with van der Waals surface area (Å²) in [6, 6.07) is 0. The van der Waals surface area contributed by atoms with Crippen molar-refractivity contribution < 1.29 is 47.8 Å². The first-order valence-electron chi connectivity index (χ1n) is 17.1. The van der Waals surface area contributed by atoms with E-state index in [0.29, 0.717) is 12.8 Å². The average molecular weight is 651 g/mol. The first-order valence-corrected chi connectivity index (χ1v) is 18.6. The van der Waals surface area contributed by atoms with E-state index in [0.717, 1.165) is 57.8 Å². The third kappa shape index (κ3) is 29.4. The molecule has 0 fully saturated rings. The van der Waals surface area contributed by atoms with Gasteiger partial charge < -0.3 is 24.6 Å². The van der Waals surface area contributed by atoms with Crippen LogP contribution in [0.2, 0.25) is 0 Å². The Kier molecular flexibility index (Phi) is 29.5. The molecule has 3 N–H and O–H groups in total. The molecule has 0 saturated carbocycles. The Morgan fingerprint density at radius 1 is 0.659 bits per heavy atom. The van der Waals surface area contributed by atoms with Crippen molar-refractivity contribution in [2.24, 2.45) is 0 Å². The Labute approximate surface area is 266 Å². The van der Waals surface area contributed by atoms with Crippen LogP contribution in [0.25, 0.3) is 0 Å². The van der Waals surface area contributed by atoms with Crippen LogP contribution in [0, 0.1) is 0 Å². The van der Waals surface area contributed by atoms with Crippen LogP contribution < -0.4 is 0 Å². The second-order valence-corrected chi connectivity index (χ2v) is 13.0. The van der Waals surface area contributed by atoms with E-state index < -0.39 is 51.8 Å². The zero-order valence-electron chi connectivity index (χ0n) is 27.6. The molecule has 11 heteroatoms. The van der Waals surface area contributed by atoms with Crippen LogP contribution in [0.4, 0.5) is 0 Å². The Hall–Kier alpha value is -1.29. The highest BCUT2D eigenvalue weighted by Gasteiger charge is 2.27. The van der Waals surface area contributed by atoms with Crippen molar-refractivity contribution in [3.05, 3.63) is 12.2 Å². The van der Waals surface area contributed by atoms with Gasteiger partial charge in [0.1, 0.15) is 12.7 Å². The second kappa shape index (κ2) is 30.4. The fourth-order valence-corrected chi connectivity index (χ4v) is 5.25. The summed E-state index contributed by atoms with van der Waals surface area (Å²) in [7, 11) is -4.60. The Morgan fingerprint density at radius 3 is 1.68 bits per heavy atom. The number of phosphoric acid groups is 1. The van der Waals surface area contributed by atoms with Crippen molar-refractivity contribution in [1.82, 2.24) is 0 Å². The summed E-state index contributed by atoms with van der Waals surface area (Å²) >= 11 is 0. The van der Waals surface area contributed by atoms with Gasteiger partial charge in [0.05, 0.1) is 19.8 Å². The molecule has 0 amide bonds. The van der Waals surface area contributed by atoms with E-state index in [1.807, 2.05) is 0 Å². The fourth-order valence-electron chi connectivity index (χ4n) is 4.46. The highest BCUT2D eigenvalue weighted by atomic mass is 31.2. The predicted molar refractivity (Wildman–Crippen MR) is 173 cm³/mol. The van der Waals surface area contributed by atoms with Gasteiger partial charge in [-0.2, -0.15) is 0 Å². The molecule has 3 atom stereocenters. The quantitative estimate of drug-likeness (QED) is 0.0286. The maximum Gasteiger partial charge on any atom is 0.472 e. The molecule has 0 aliphatic heterocycles. The van der Waals surface area contributed by atoms with Crippen LogP contribution in [0.3, 0.4) is 0 Å². The van der Waals surface area contributed by atoms with Crippen LogP contribution in [0.15, 0.2) is 12.2 Å². The van der Waals surface area contributed by atoms with Crippen LogP contribution >= 0.6 is 7.82 Å². The van der Waals surface area contributed by atoms with Gasteiger partial charge in [-0.05, 0) is 38.5 Å². The van der Waals surface area contributed by atoms with Crippen molar-refractivity contribution in [2.45, 2.75) is 161 Å². The second-order valence-electron chi connectivity index (χ2n) is 11.5. The van der Waals surface area contributed by atoms with E-state index in [9.17, 15) is 24.2 Å². The number of carbonyl (C=O) groups excluding carboxylic acids is 2. The maximum absolute atomic E-state index is 12.5. The average Bonchev–Trinajstić information content (AvgIpc) is 3.00. The number of hydrogen-bond donors (Lipinski definition) is 3. The standard InChI is InChI=1S/C33H63O10P/c1-3-5-7-9-11-13-14-15-17-19-21-23-25-33(37)43-31(29-42-44(38,39)41-27-30(35)26-34)28-40-32(36)24-22-20-18-16-12-10-8-6-4-2/h11,13,30-31,34-35H,3-10,12,14-29H2,1-2H3,(H,38,39)/b13-11+/t30-,31+/m0/s1. The molecule has 0 aromatic rings. The number of carbonyl (C=O) groups is 2. The van der Waals surface area contributed by atoms with Gasteiger partial charge in [-0.1, -0.05) is 109 Å². The third-order valence-electron chi connectivity index (χ3n) is 7.17. The number of aliphatic hydroxyl groups excluding tert-OH is 2. The van der Waals surface area contributed by atoms with Gasteiger partial charge in [-0.3, -0.25) is 18.6 Å². The molecule has 0 heterocycles. The van der Waals surface area contributed by atoms with Crippen molar-refractivity contribution in [3.8, 4) is 0 Å². The molecule has 0 rings (SSSR count).